The van der Waals surface area contributed by atoms with E-state index in [0.717, 1.165) is 25.9 Å². The Morgan fingerprint density at radius 3 is 2.50 bits per heavy atom. The van der Waals surface area contributed by atoms with Crippen LogP contribution in [-0.4, -0.2) is 27.6 Å². The van der Waals surface area contributed by atoms with Gasteiger partial charge in [0, 0.05) is 31.2 Å². The van der Waals surface area contributed by atoms with Crippen molar-refractivity contribution in [2.24, 2.45) is 12.5 Å². The smallest absolute Gasteiger partial charge is 0.270 e. The Balaban J connectivity index is 1.60. The summed E-state index contributed by atoms with van der Waals surface area (Å²) in [5.41, 5.74) is 12.3. The zero-order valence-corrected chi connectivity index (χ0v) is 17.5. The van der Waals surface area contributed by atoms with E-state index in [1.807, 2.05) is 0 Å². The Morgan fingerprint density at radius 1 is 1.14 bits per heavy atom. The zero-order valence-electron chi connectivity index (χ0n) is 15.9. The van der Waals surface area contributed by atoms with Crippen molar-refractivity contribution in [1.82, 2.24) is 14.5 Å². The molecule has 4 N–H and O–H groups in total. The van der Waals surface area contributed by atoms with Gasteiger partial charge < -0.3 is 16.4 Å². The lowest BCUT2D eigenvalue weighted by Crippen LogP contribution is -2.42. The minimum Gasteiger partial charge on any atom is -0.382 e. The molecule has 2 aromatic rings. The first-order valence-electron chi connectivity index (χ1n) is 9.59. The topological polar surface area (TPSA) is 103 Å². The van der Waals surface area contributed by atoms with Gasteiger partial charge in [-0.3, -0.25) is 9.36 Å². The number of rotatable bonds is 3. The molecule has 28 heavy (non-hydrogen) atoms. The molecule has 0 amide bonds. The first-order valence-corrected chi connectivity index (χ1v) is 10.8. The molecule has 0 unspecified atom stereocenters. The van der Waals surface area contributed by atoms with E-state index in [-0.39, 0.29) is 17.2 Å². The van der Waals surface area contributed by atoms with Crippen LogP contribution in [0.15, 0.2) is 26.8 Å². The molecule has 1 aliphatic heterocycles. The molecule has 1 saturated heterocycles. The molecule has 4 rings (SSSR count). The summed E-state index contributed by atoms with van der Waals surface area (Å²) in [6.07, 6.45) is 9.23. The number of pyridine rings is 1. The third-order valence-corrected chi connectivity index (χ3v) is 7.77. The number of nitrogens with two attached hydrogens (primary N) is 2. The maximum Gasteiger partial charge on any atom is 0.270 e. The summed E-state index contributed by atoms with van der Waals surface area (Å²) in [5, 5.41) is 0.316. The Morgan fingerprint density at radius 2 is 1.82 bits per heavy atom. The van der Waals surface area contributed by atoms with Gasteiger partial charge in [0.25, 0.3) is 5.56 Å². The fraction of sp³-hybridized carbons (Fsp3) is 0.526. The monoisotopic (exact) mass is 420 g/mol. The third-order valence-electron chi connectivity index (χ3n) is 6.12. The number of nitrogens with zero attached hydrogens (tertiary/aromatic N) is 4. The number of hydrogen-bond acceptors (Lipinski definition) is 7. The van der Waals surface area contributed by atoms with E-state index >= 15 is 0 Å². The highest BCUT2D eigenvalue weighted by atomic mass is 35.5. The van der Waals surface area contributed by atoms with Gasteiger partial charge >= 0.3 is 0 Å². The minimum absolute atomic E-state index is 0.180. The largest absolute Gasteiger partial charge is 0.382 e. The van der Waals surface area contributed by atoms with Crippen molar-refractivity contribution < 1.29 is 0 Å². The molecule has 1 spiro atoms. The lowest BCUT2D eigenvalue weighted by atomic mass is 9.77. The first kappa shape index (κ1) is 19.4. The number of anilines is 3. The lowest BCUT2D eigenvalue weighted by Gasteiger charge is -2.40. The molecule has 1 aliphatic carbocycles. The highest BCUT2D eigenvalue weighted by molar-refractivity contribution is 7.99. The maximum atomic E-state index is 13.0. The van der Waals surface area contributed by atoms with E-state index in [0.29, 0.717) is 26.2 Å². The number of nitrogen functional groups attached to an aromatic ring is 2. The predicted molar refractivity (Wildman–Crippen MR) is 114 cm³/mol. The van der Waals surface area contributed by atoms with Crippen molar-refractivity contribution >= 4 is 40.9 Å². The molecular weight excluding hydrogens is 396 g/mol. The van der Waals surface area contributed by atoms with E-state index in [1.165, 1.54) is 37.4 Å². The number of hydrogen-bond donors (Lipinski definition) is 2. The summed E-state index contributed by atoms with van der Waals surface area (Å²) in [6, 6.07) is 1.71. The van der Waals surface area contributed by atoms with Crippen LogP contribution in [0.1, 0.15) is 38.5 Å². The van der Waals surface area contributed by atoms with Gasteiger partial charge in [-0.2, -0.15) is 4.98 Å². The Bertz CT molecular complexity index is 946. The molecule has 0 atom stereocenters. The molecule has 0 aromatic carbocycles. The summed E-state index contributed by atoms with van der Waals surface area (Å²) in [6.45, 7) is 1.83. The highest BCUT2D eigenvalue weighted by Crippen LogP contribution is 2.46. The van der Waals surface area contributed by atoms with Crippen LogP contribution < -0.4 is 21.9 Å². The van der Waals surface area contributed by atoms with Gasteiger partial charge in [-0.15, -0.1) is 0 Å². The number of aromatic nitrogens is 3. The summed E-state index contributed by atoms with van der Waals surface area (Å²) in [4.78, 5) is 24.7. The molecule has 150 valence electrons. The van der Waals surface area contributed by atoms with Gasteiger partial charge in [0.1, 0.15) is 16.5 Å². The maximum absolute atomic E-state index is 13.0. The van der Waals surface area contributed by atoms with Crippen molar-refractivity contribution in [3.63, 3.8) is 0 Å². The van der Waals surface area contributed by atoms with E-state index in [2.05, 4.69) is 14.9 Å². The van der Waals surface area contributed by atoms with Gasteiger partial charge in [0.05, 0.1) is 5.02 Å². The fourth-order valence-electron chi connectivity index (χ4n) is 4.40. The van der Waals surface area contributed by atoms with Crippen LogP contribution in [0.4, 0.5) is 17.6 Å². The normalized spacial score (nSPS) is 18.7. The molecule has 0 bridgehead atoms. The molecule has 3 heterocycles. The van der Waals surface area contributed by atoms with Crippen molar-refractivity contribution in [3.8, 4) is 0 Å². The standard InChI is InChI=1S/C19H25ClN6OS/c1-25-17(27)14(28-12-4-9-23-15(21)13(12)20)16(22)24-18(25)26-10-7-19(8-11-26)5-2-3-6-19/h4,9H,2-3,5-8,10-11,22H2,1H3,(H2,21,23). The van der Waals surface area contributed by atoms with Crippen LogP contribution in [0.3, 0.4) is 0 Å². The minimum atomic E-state index is -0.180. The molecule has 2 aliphatic rings. The first-order chi connectivity index (χ1) is 13.4. The van der Waals surface area contributed by atoms with Crippen LogP contribution in [-0.2, 0) is 7.05 Å². The van der Waals surface area contributed by atoms with Gasteiger partial charge in [0.15, 0.2) is 0 Å². The Kier molecular flexibility index (Phi) is 5.18. The lowest BCUT2D eigenvalue weighted by molar-refractivity contribution is 0.225. The quantitative estimate of drug-likeness (QED) is 0.784. The second kappa shape index (κ2) is 7.48. The third kappa shape index (κ3) is 3.43. The second-order valence-electron chi connectivity index (χ2n) is 7.79. The molecule has 1 saturated carbocycles. The van der Waals surface area contributed by atoms with Crippen LogP contribution in [0.25, 0.3) is 0 Å². The Hall–Kier alpha value is -1.93. The van der Waals surface area contributed by atoms with Crippen molar-refractivity contribution in [1.29, 1.82) is 0 Å². The summed E-state index contributed by atoms with van der Waals surface area (Å²) >= 11 is 7.39. The van der Waals surface area contributed by atoms with Crippen LogP contribution in [0, 0.1) is 5.41 Å². The predicted octanol–water partition coefficient (Wildman–Crippen LogP) is 3.30. The zero-order chi connectivity index (χ0) is 19.9. The van der Waals surface area contributed by atoms with Gasteiger partial charge in [-0.25, -0.2) is 4.98 Å². The average molecular weight is 421 g/mol. The van der Waals surface area contributed by atoms with E-state index in [9.17, 15) is 4.79 Å². The molecule has 9 heteroatoms. The summed E-state index contributed by atoms with van der Waals surface area (Å²) in [7, 11) is 1.75. The van der Waals surface area contributed by atoms with Crippen molar-refractivity contribution in [3.05, 3.63) is 27.6 Å². The summed E-state index contributed by atoms with van der Waals surface area (Å²) < 4.78 is 1.59. The number of piperidine rings is 1. The highest BCUT2D eigenvalue weighted by Gasteiger charge is 2.37. The Labute approximate surface area is 173 Å². The summed E-state index contributed by atoms with van der Waals surface area (Å²) in [5.74, 6) is 1.08. The van der Waals surface area contributed by atoms with Gasteiger partial charge in [0.2, 0.25) is 5.95 Å². The molecule has 7 nitrogen and oxygen atoms in total. The second-order valence-corrected chi connectivity index (χ2v) is 9.23. The van der Waals surface area contributed by atoms with Crippen molar-refractivity contribution in [2.45, 2.75) is 48.3 Å². The van der Waals surface area contributed by atoms with E-state index in [1.54, 1.807) is 23.9 Å². The van der Waals surface area contributed by atoms with Crippen molar-refractivity contribution in [2.75, 3.05) is 29.5 Å². The van der Waals surface area contributed by atoms with E-state index < -0.39 is 0 Å². The van der Waals surface area contributed by atoms with Crippen LogP contribution in [0.2, 0.25) is 5.02 Å². The van der Waals surface area contributed by atoms with Gasteiger partial charge in [-0.05, 0) is 37.2 Å². The molecule has 2 aromatic heterocycles. The molecule has 2 fully saturated rings. The van der Waals surface area contributed by atoms with E-state index in [4.69, 9.17) is 23.1 Å². The average Bonchev–Trinajstić information content (AvgIpc) is 3.14. The van der Waals surface area contributed by atoms with Crippen LogP contribution in [0.5, 0.6) is 0 Å². The molecular formula is C19H25ClN6OS. The fourth-order valence-corrected chi connectivity index (χ4v) is 5.55. The number of halogens is 1. The molecule has 0 radical (unpaired) electrons. The van der Waals surface area contributed by atoms with Gasteiger partial charge in [-0.1, -0.05) is 36.2 Å². The van der Waals surface area contributed by atoms with Crippen LogP contribution >= 0.6 is 23.4 Å². The SMILES string of the molecule is Cn1c(N2CCC3(CCCC3)CC2)nc(N)c(Sc2ccnc(N)c2Cl)c1=O.